The van der Waals surface area contributed by atoms with Gasteiger partial charge in [0.15, 0.2) is 0 Å². The van der Waals surface area contributed by atoms with Gasteiger partial charge >= 0.3 is 0 Å². The molecule has 0 bridgehead atoms. The predicted molar refractivity (Wildman–Crippen MR) is 79.8 cm³/mol. The molecular weight excluding hydrogens is 265 g/mol. The molecule has 0 saturated heterocycles. The zero-order valence-corrected chi connectivity index (χ0v) is 11.7. The van der Waals surface area contributed by atoms with E-state index >= 15 is 0 Å². The van der Waals surface area contributed by atoms with E-state index < -0.39 is 5.41 Å². The normalized spacial score (nSPS) is 18.4. The van der Waals surface area contributed by atoms with E-state index in [-0.39, 0.29) is 11.7 Å². The van der Waals surface area contributed by atoms with E-state index in [1.54, 1.807) is 12.1 Å². The van der Waals surface area contributed by atoms with E-state index in [0.29, 0.717) is 12.1 Å². The maximum Gasteiger partial charge on any atom is 0.237 e. The average molecular weight is 281 g/mol. The summed E-state index contributed by atoms with van der Waals surface area (Å²) in [6, 6.07) is 14.7. The largest absolute Gasteiger partial charge is 0.311 e. The highest BCUT2D eigenvalue weighted by molar-refractivity contribution is 6.04. The van der Waals surface area contributed by atoms with Crippen LogP contribution < -0.4 is 4.90 Å². The van der Waals surface area contributed by atoms with Crippen LogP contribution in [0.2, 0.25) is 0 Å². The molecule has 3 heteroatoms. The fourth-order valence-corrected chi connectivity index (χ4v) is 3.38. The summed E-state index contributed by atoms with van der Waals surface area (Å²) in [5.41, 5.74) is 2.11. The van der Waals surface area contributed by atoms with Crippen molar-refractivity contribution in [2.45, 2.75) is 24.7 Å². The molecule has 1 saturated carbocycles. The molecule has 1 amide bonds. The molecule has 1 aliphatic heterocycles. The number of hydrogen-bond acceptors (Lipinski definition) is 1. The predicted octanol–water partition coefficient (Wildman–Crippen LogP) is 3.45. The molecule has 0 N–H and O–H groups in total. The van der Waals surface area contributed by atoms with Gasteiger partial charge in [-0.1, -0.05) is 36.4 Å². The van der Waals surface area contributed by atoms with Crippen molar-refractivity contribution in [3.05, 3.63) is 65.5 Å². The summed E-state index contributed by atoms with van der Waals surface area (Å²) in [6.07, 6.45) is 2.37. The van der Waals surface area contributed by atoms with Crippen LogP contribution in [-0.2, 0) is 16.6 Å². The highest BCUT2D eigenvalue weighted by Gasteiger charge is 2.55. The highest BCUT2D eigenvalue weighted by atomic mass is 19.1. The summed E-state index contributed by atoms with van der Waals surface area (Å²) in [7, 11) is 0. The number of amides is 1. The fraction of sp³-hybridized carbons (Fsp3) is 0.278. The number of benzene rings is 2. The first-order valence-corrected chi connectivity index (χ1v) is 7.37. The second-order valence-electron chi connectivity index (χ2n) is 5.90. The van der Waals surface area contributed by atoms with Crippen molar-refractivity contribution in [1.82, 2.24) is 0 Å². The molecule has 106 valence electrons. The monoisotopic (exact) mass is 281 g/mol. The molecule has 0 radical (unpaired) electrons. The van der Waals surface area contributed by atoms with Gasteiger partial charge in [0.1, 0.15) is 5.82 Å². The quantitative estimate of drug-likeness (QED) is 0.825. The van der Waals surface area contributed by atoms with Gasteiger partial charge in [0.25, 0.3) is 0 Å². The Morgan fingerprint density at radius 1 is 1.05 bits per heavy atom. The summed E-state index contributed by atoms with van der Waals surface area (Å²) in [5.74, 6) is -0.214. The Kier molecular flexibility index (Phi) is 2.64. The van der Waals surface area contributed by atoms with Crippen molar-refractivity contribution in [3.8, 4) is 0 Å². The van der Waals surface area contributed by atoms with Crippen LogP contribution >= 0.6 is 0 Å². The van der Waals surface area contributed by atoms with Gasteiger partial charge in [-0.15, -0.1) is 0 Å². The standard InChI is InChI=1S/C18H16FNO/c19-15-7-3-2-6-14(15)18(10-11-18)17(21)20-12-9-13-5-1-4-8-16(13)20/h1-8H,9-12H2. The smallest absolute Gasteiger partial charge is 0.237 e. The summed E-state index contributed by atoms with van der Waals surface area (Å²) < 4.78 is 14.1. The highest BCUT2D eigenvalue weighted by Crippen LogP contribution is 2.51. The van der Waals surface area contributed by atoms with Gasteiger partial charge in [-0.3, -0.25) is 4.79 Å². The number of anilines is 1. The Morgan fingerprint density at radius 2 is 1.76 bits per heavy atom. The maximum atomic E-state index is 14.1. The van der Waals surface area contributed by atoms with Gasteiger partial charge in [0, 0.05) is 17.8 Å². The molecule has 1 heterocycles. The van der Waals surface area contributed by atoms with E-state index in [2.05, 4.69) is 6.07 Å². The van der Waals surface area contributed by atoms with E-state index in [0.717, 1.165) is 24.9 Å². The van der Waals surface area contributed by atoms with Crippen molar-refractivity contribution < 1.29 is 9.18 Å². The SMILES string of the molecule is O=C(N1CCc2ccccc21)C1(c2ccccc2F)CC1. The molecule has 2 aliphatic rings. The Labute approximate surface area is 123 Å². The molecule has 0 spiro atoms. The number of hydrogen-bond donors (Lipinski definition) is 0. The minimum Gasteiger partial charge on any atom is -0.311 e. The van der Waals surface area contributed by atoms with Crippen molar-refractivity contribution in [3.63, 3.8) is 0 Å². The average Bonchev–Trinajstić information content (AvgIpc) is 3.20. The second-order valence-corrected chi connectivity index (χ2v) is 5.90. The van der Waals surface area contributed by atoms with E-state index in [1.807, 2.05) is 29.2 Å². The van der Waals surface area contributed by atoms with Gasteiger partial charge < -0.3 is 4.90 Å². The Balaban J connectivity index is 1.72. The van der Waals surface area contributed by atoms with Crippen LogP contribution in [0.5, 0.6) is 0 Å². The molecule has 1 fully saturated rings. The summed E-state index contributed by atoms with van der Waals surface area (Å²) in [4.78, 5) is 14.8. The third kappa shape index (κ3) is 1.80. The van der Waals surface area contributed by atoms with Crippen LogP contribution in [0.15, 0.2) is 48.5 Å². The summed E-state index contributed by atoms with van der Waals surface area (Å²) in [5, 5.41) is 0. The third-order valence-corrected chi connectivity index (χ3v) is 4.68. The minimum absolute atomic E-state index is 0.0533. The first kappa shape index (κ1) is 12.6. The van der Waals surface area contributed by atoms with Gasteiger partial charge in [-0.05, 0) is 37.0 Å². The zero-order chi connectivity index (χ0) is 14.4. The Morgan fingerprint density at radius 3 is 2.52 bits per heavy atom. The lowest BCUT2D eigenvalue weighted by Crippen LogP contribution is -2.38. The number of carbonyl (C=O) groups excluding carboxylic acids is 1. The molecule has 4 rings (SSSR count). The molecule has 2 aromatic carbocycles. The summed E-state index contributed by atoms with van der Waals surface area (Å²) >= 11 is 0. The molecule has 2 nitrogen and oxygen atoms in total. The van der Waals surface area contributed by atoms with Crippen LogP contribution in [0.4, 0.5) is 10.1 Å². The van der Waals surface area contributed by atoms with Crippen molar-refractivity contribution >= 4 is 11.6 Å². The maximum absolute atomic E-state index is 14.1. The van der Waals surface area contributed by atoms with Crippen molar-refractivity contribution in [2.24, 2.45) is 0 Å². The fourth-order valence-electron chi connectivity index (χ4n) is 3.38. The molecular formula is C18H16FNO. The van der Waals surface area contributed by atoms with E-state index in [9.17, 15) is 9.18 Å². The van der Waals surface area contributed by atoms with Gasteiger partial charge in [0.2, 0.25) is 5.91 Å². The molecule has 0 atom stereocenters. The van der Waals surface area contributed by atoms with Gasteiger partial charge in [-0.25, -0.2) is 4.39 Å². The van der Waals surface area contributed by atoms with Crippen LogP contribution in [0.1, 0.15) is 24.0 Å². The molecule has 0 aromatic heterocycles. The lowest BCUT2D eigenvalue weighted by atomic mass is 9.93. The first-order valence-electron chi connectivity index (χ1n) is 7.37. The number of rotatable bonds is 2. The Hall–Kier alpha value is -2.16. The van der Waals surface area contributed by atoms with Gasteiger partial charge in [-0.2, -0.15) is 0 Å². The molecule has 1 aliphatic carbocycles. The van der Waals surface area contributed by atoms with Crippen LogP contribution in [0, 0.1) is 5.82 Å². The second kappa shape index (κ2) is 4.42. The number of carbonyl (C=O) groups is 1. The lowest BCUT2D eigenvalue weighted by molar-refractivity contribution is -0.121. The zero-order valence-electron chi connectivity index (χ0n) is 11.7. The Bertz CT molecular complexity index is 721. The number of fused-ring (bicyclic) bond motifs is 1. The van der Waals surface area contributed by atoms with Gasteiger partial charge in [0.05, 0.1) is 5.41 Å². The van der Waals surface area contributed by atoms with Crippen molar-refractivity contribution in [2.75, 3.05) is 11.4 Å². The summed E-state index contributed by atoms with van der Waals surface area (Å²) in [6.45, 7) is 0.703. The van der Waals surface area contributed by atoms with Crippen molar-refractivity contribution in [1.29, 1.82) is 0 Å². The third-order valence-electron chi connectivity index (χ3n) is 4.68. The van der Waals surface area contributed by atoms with Crippen LogP contribution in [-0.4, -0.2) is 12.5 Å². The number of halogens is 1. The number of nitrogens with zero attached hydrogens (tertiary/aromatic N) is 1. The lowest BCUT2D eigenvalue weighted by Gasteiger charge is -2.24. The van der Waals surface area contributed by atoms with Crippen LogP contribution in [0.3, 0.4) is 0 Å². The van der Waals surface area contributed by atoms with E-state index in [1.165, 1.54) is 11.6 Å². The van der Waals surface area contributed by atoms with Crippen LogP contribution in [0.25, 0.3) is 0 Å². The minimum atomic E-state index is -0.636. The molecule has 21 heavy (non-hydrogen) atoms. The van der Waals surface area contributed by atoms with E-state index in [4.69, 9.17) is 0 Å². The molecule has 2 aromatic rings. The number of para-hydroxylation sites is 1. The topological polar surface area (TPSA) is 20.3 Å². The first-order chi connectivity index (χ1) is 10.2. The molecule has 0 unspecified atom stereocenters.